The van der Waals surface area contributed by atoms with Crippen molar-refractivity contribution in [1.82, 2.24) is 5.32 Å². The minimum atomic E-state index is -0.461. The van der Waals surface area contributed by atoms with Crippen molar-refractivity contribution in [2.75, 3.05) is 31.7 Å². The minimum absolute atomic E-state index is 0.329. The van der Waals surface area contributed by atoms with Crippen molar-refractivity contribution in [2.24, 2.45) is 0 Å². The Morgan fingerprint density at radius 1 is 1.47 bits per heavy atom. The van der Waals surface area contributed by atoms with Crippen LogP contribution >= 0.6 is 11.8 Å². The van der Waals surface area contributed by atoms with E-state index in [4.69, 9.17) is 4.74 Å². The van der Waals surface area contributed by atoms with Gasteiger partial charge in [-0.3, -0.25) is 0 Å². The average molecular weight is 255 g/mol. The topological polar surface area (TPSA) is 41.5 Å². The lowest BCUT2D eigenvalue weighted by atomic mass is 10.2. The highest BCUT2D eigenvalue weighted by Crippen LogP contribution is 2.12. The zero-order valence-electron chi connectivity index (χ0n) is 10.5. The molecule has 0 aliphatic rings. The fourth-order valence-electron chi connectivity index (χ4n) is 1.40. The van der Waals surface area contributed by atoms with E-state index < -0.39 is 6.10 Å². The summed E-state index contributed by atoms with van der Waals surface area (Å²) in [5.41, 5.74) is 1.16. The maximum Gasteiger partial charge on any atom is 0.119 e. The molecule has 1 aromatic carbocycles. The number of aliphatic hydroxyl groups excluding tert-OH is 1. The molecular formula is C13H21NO2S. The first kappa shape index (κ1) is 14.4. The number of hydrogen-bond donors (Lipinski definition) is 2. The minimum Gasteiger partial charge on any atom is -0.491 e. The van der Waals surface area contributed by atoms with Crippen LogP contribution in [0.1, 0.15) is 5.56 Å². The molecular weight excluding hydrogens is 234 g/mol. The van der Waals surface area contributed by atoms with Crippen LogP contribution in [0.15, 0.2) is 24.3 Å². The van der Waals surface area contributed by atoms with Crippen molar-refractivity contribution in [2.45, 2.75) is 13.0 Å². The third kappa shape index (κ3) is 6.56. The smallest absolute Gasteiger partial charge is 0.119 e. The highest BCUT2D eigenvalue weighted by Gasteiger charge is 2.04. The number of nitrogens with one attached hydrogen (secondary N) is 1. The van der Waals surface area contributed by atoms with Crippen molar-refractivity contribution < 1.29 is 9.84 Å². The molecule has 0 aromatic heterocycles. The predicted octanol–water partition coefficient (Wildman–Crippen LogP) is 1.69. The Morgan fingerprint density at radius 2 is 2.29 bits per heavy atom. The van der Waals surface area contributed by atoms with Crippen molar-refractivity contribution >= 4 is 11.8 Å². The van der Waals surface area contributed by atoms with Crippen molar-refractivity contribution in [3.8, 4) is 5.75 Å². The summed E-state index contributed by atoms with van der Waals surface area (Å²) in [5.74, 6) is 1.87. The summed E-state index contributed by atoms with van der Waals surface area (Å²) in [6.07, 6.45) is 1.61. The summed E-state index contributed by atoms with van der Waals surface area (Å²) in [6, 6.07) is 7.84. The molecule has 0 spiro atoms. The predicted molar refractivity (Wildman–Crippen MR) is 73.9 cm³/mol. The van der Waals surface area contributed by atoms with Crippen LogP contribution in [-0.2, 0) is 0 Å². The molecule has 4 heteroatoms. The molecule has 0 heterocycles. The lowest BCUT2D eigenvalue weighted by Crippen LogP contribution is -2.32. The van der Waals surface area contributed by atoms with Gasteiger partial charge in [0.05, 0.1) is 0 Å². The van der Waals surface area contributed by atoms with Gasteiger partial charge in [0.2, 0.25) is 0 Å². The van der Waals surface area contributed by atoms with Gasteiger partial charge in [-0.05, 0) is 30.9 Å². The summed E-state index contributed by atoms with van der Waals surface area (Å²) >= 11 is 1.79. The Morgan fingerprint density at radius 3 is 3.00 bits per heavy atom. The Labute approximate surface area is 108 Å². The van der Waals surface area contributed by atoms with Crippen LogP contribution < -0.4 is 10.1 Å². The first-order valence-electron chi connectivity index (χ1n) is 5.79. The van der Waals surface area contributed by atoms with E-state index in [0.717, 1.165) is 23.6 Å². The second-order valence-electron chi connectivity index (χ2n) is 3.98. The molecule has 3 nitrogen and oxygen atoms in total. The van der Waals surface area contributed by atoms with Crippen LogP contribution in [0.2, 0.25) is 0 Å². The van der Waals surface area contributed by atoms with Crippen molar-refractivity contribution in [3.05, 3.63) is 29.8 Å². The van der Waals surface area contributed by atoms with Crippen LogP contribution in [-0.4, -0.2) is 42.9 Å². The molecule has 0 saturated heterocycles. The molecule has 0 aliphatic heterocycles. The Balaban J connectivity index is 2.17. The molecule has 0 aliphatic carbocycles. The van der Waals surface area contributed by atoms with E-state index in [1.54, 1.807) is 11.8 Å². The molecule has 0 saturated carbocycles. The molecule has 96 valence electrons. The highest BCUT2D eigenvalue weighted by molar-refractivity contribution is 7.98. The second kappa shape index (κ2) is 8.39. The SMILES string of the molecule is CSCCNCC(O)COc1cccc(C)c1. The van der Waals surface area contributed by atoms with E-state index in [-0.39, 0.29) is 0 Å². The quantitative estimate of drug-likeness (QED) is 0.694. The van der Waals surface area contributed by atoms with Crippen LogP contribution in [0.25, 0.3) is 0 Å². The first-order chi connectivity index (χ1) is 8.22. The molecule has 0 amide bonds. The summed E-state index contributed by atoms with van der Waals surface area (Å²) in [6.45, 7) is 3.85. The van der Waals surface area contributed by atoms with E-state index in [1.165, 1.54) is 0 Å². The molecule has 0 fully saturated rings. The fourth-order valence-corrected chi connectivity index (χ4v) is 1.75. The van der Waals surface area contributed by atoms with Gasteiger partial charge in [0.1, 0.15) is 18.5 Å². The number of hydrogen-bond acceptors (Lipinski definition) is 4. The highest BCUT2D eigenvalue weighted by atomic mass is 32.2. The molecule has 1 unspecified atom stereocenters. The van der Waals surface area contributed by atoms with Gasteiger partial charge >= 0.3 is 0 Å². The molecule has 1 rings (SSSR count). The largest absolute Gasteiger partial charge is 0.491 e. The first-order valence-corrected chi connectivity index (χ1v) is 7.19. The van der Waals surface area contributed by atoms with E-state index in [0.29, 0.717) is 13.2 Å². The zero-order valence-corrected chi connectivity index (χ0v) is 11.3. The number of rotatable bonds is 8. The number of thioether (sulfide) groups is 1. The van der Waals surface area contributed by atoms with Gasteiger partial charge in [-0.25, -0.2) is 0 Å². The lowest BCUT2D eigenvalue weighted by Gasteiger charge is -2.13. The van der Waals surface area contributed by atoms with Gasteiger partial charge in [-0.2, -0.15) is 11.8 Å². The lowest BCUT2D eigenvalue weighted by molar-refractivity contribution is 0.107. The second-order valence-corrected chi connectivity index (χ2v) is 4.96. The van der Waals surface area contributed by atoms with Crippen LogP contribution in [0.5, 0.6) is 5.75 Å². The van der Waals surface area contributed by atoms with Gasteiger partial charge in [0.25, 0.3) is 0 Å². The number of aliphatic hydroxyl groups is 1. The maximum absolute atomic E-state index is 9.68. The van der Waals surface area contributed by atoms with E-state index in [1.807, 2.05) is 31.2 Å². The van der Waals surface area contributed by atoms with Gasteiger partial charge < -0.3 is 15.2 Å². The van der Waals surface area contributed by atoms with Crippen LogP contribution in [0.4, 0.5) is 0 Å². The Bertz CT molecular complexity index is 320. The standard InChI is InChI=1S/C13H21NO2S/c1-11-4-3-5-13(8-11)16-10-12(15)9-14-6-7-17-2/h3-5,8,12,14-15H,6-7,9-10H2,1-2H3. The van der Waals surface area contributed by atoms with Crippen LogP contribution in [0, 0.1) is 6.92 Å². The van der Waals surface area contributed by atoms with Gasteiger partial charge in [0, 0.05) is 18.8 Å². The van der Waals surface area contributed by atoms with E-state index in [2.05, 4.69) is 11.6 Å². The third-order valence-corrected chi connectivity index (χ3v) is 2.91. The Hall–Kier alpha value is -0.710. The normalized spacial score (nSPS) is 12.4. The third-order valence-electron chi connectivity index (χ3n) is 2.29. The van der Waals surface area contributed by atoms with Crippen LogP contribution in [0.3, 0.4) is 0 Å². The van der Waals surface area contributed by atoms with Gasteiger partial charge in [-0.15, -0.1) is 0 Å². The molecule has 1 aromatic rings. The number of benzene rings is 1. The molecule has 2 N–H and O–H groups in total. The monoisotopic (exact) mass is 255 g/mol. The molecule has 17 heavy (non-hydrogen) atoms. The summed E-state index contributed by atoms with van der Waals surface area (Å²) in [5, 5.41) is 12.9. The fraction of sp³-hybridized carbons (Fsp3) is 0.538. The zero-order chi connectivity index (χ0) is 12.5. The summed E-state index contributed by atoms with van der Waals surface area (Å²) in [7, 11) is 0. The summed E-state index contributed by atoms with van der Waals surface area (Å²) in [4.78, 5) is 0. The molecule has 0 radical (unpaired) electrons. The number of aryl methyl sites for hydroxylation is 1. The van der Waals surface area contributed by atoms with E-state index in [9.17, 15) is 5.11 Å². The van der Waals surface area contributed by atoms with Crippen molar-refractivity contribution in [1.29, 1.82) is 0 Å². The van der Waals surface area contributed by atoms with E-state index >= 15 is 0 Å². The van der Waals surface area contributed by atoms with Crippen molar-refractivity contribution in [3.63, 3.8) is 0 Å². The average Bonchev–Trinajstić information content (AvgIpc) is 2.32. The molecule has 1 atom stereocenters. The van der Waals surface area contributed by atoms with Gasteiger partial charge in [-0.1, -0.05) is 12.1 Å². The van der Waals surface area contributed by atoms with Gasteiger partial charge in [0.15, 0.2) is 0 Å². The Kier molecular flexibility index (Phi) is 7.08. The summed E-state index contributed by atoms with van der Waals surface area (Å²) < 4.78 is 5.51. The maximum atomic E-state index is 9.68. The number of ether oxygens (including phenoxy) is 1. The molecule has 0 bridgehead atoms.